The molecule has 1 aromatic rings. The van der Waals surface area contributed by atoms with E-state index in [0.717, 1.165) is 32.2 Å². The first-order valence-electron chi connectivity index (χ1n) is 8.56. The van der Waals surface area contributed by atoms with Crippen molar-refractivity contribution in [3.05, 3.63) is 28.8 Å². The lowest BCUT2D eigenvalue weighted by atomic mass is 9.94. The van der Waals surface area contributed by atoms with Crippen LogP contribution in [-0.2, 0) is 6.54 Å². The molecule has 0 amide bonds. The highest BCUT2D eigenvalue weighted by atomic mass is 16.5. The average molecular weight is 287 g/mol. The molecule has 0 N–H and O–H groups in total. The Balaban J connectivity index is 1.94. The molecule has 0 spiro atoms. The lowest BCUT2D eigenvalue weighted by molar-refractivity contribution is 0.207. The zero-order valence-corrected chi connectivity index (χ0v) is 14.0. The fourth-order valence-electron chi connectivity index (χ4n) is 3.33. The highest BCUT2D eigenvalue weighted by molar-refractivity contribution is 5.49. The molecule has 1 aliphatic carbocycles. The van der Waals surface area contributed by atoms with E-state index in [-0.39, 0.29) is 0 Å². The molecule has 2 heteroatoms. The Hall–Kier alpha value is -1.02. The molecule has 2 nitrogen and oxygen atoms in total. The number of benzene rings is 1. The van der Waals surface area contributed by atoms with Gasteiger partial charge >= 0.3 is 0 Å². The van der Waals surface area contributed by atoms with Crippen molar-refractivity contribution in [3.63, 3.8) is 0 Å². The standard InChI is InChI=1S/C19H29NO/c1-13(2)11-20-7-8-21-19-17(12-20)9-16(14(3)4)10-18(19)15-5-6-15/h9-10,13-15H,5-8,11-12H2,1-4H3. The van der Waals surface area contributed by atoms with Crippen molar-refractivity contribution in [2.75, 3.05) is 19.7 Å². The molecule has 3 rings (SSSR count). The van der Waals surface area contributed by atoms with E-state index in [2.05, 4.69) is 44.7 Å². The van der Waals surface area contributed by atoms with Crippen LogP contribution in [0.25, 0.3) is 0 Å². The summed E-state index contributed by atoms with van der Waals surface area (Å²) in [7, 11) is 0. The fourth-order valence-corrected chi connectivity index (χ4v) is 3.33. The van der Waals surface area contributed by atoms with E-state index in [9.17, 15) is 0 Å². The van der Waals surface area contributed by atoms with Crippen LogP contribution in [0.2, 0.25) is 0 Å². The van der Waals surface area contributed by atoms with Crippen LogP contribution in [0.15, 0.2) is 12.1 Å². The first-order chi connectivity index (χ1) is 10.0. The number of hydrogen-bond acceptors (Lipinski definition) is 2. The second kappa shape index (κ2) is 6.00. The number of hydrogen-bond donors (Lipinski definition) is 0. The highest BCUT2D eigenvalue weighted by Crippen LogP contribution is 2.47. The molecule has 0 bridgehead atoms. The van der Waals surface area contributed by atoms with E-state index in [0.29, 0.717) is 11.8 Å². The third kappa shape index (κ3) is 3.42. The second-order valence-electron chi connectivity index (χ2n) is 7.50. The van der Waals surface area contributed by atoms with Gasteiger partial charge in [0.1, 0.15) is 12.4 Å². The Morgan fingerprint density at radius 1 is 1.19 bits per heavy atom. The van der Waals surface area contributed by atoms with Crippen LogP contribution in [0.5, 0.6) is 5.75 Å². The van der Waals surface area contributed by atoms with Crippen molar-refractivity contribution >= 4 is 0 Å². The largest absolute Gasteiger partial charge is 0.492 e. The van der Waals surface area contributed by atoms with Crippen molar-refractivity contribution in [3.8, 4) is 5.75 Å². The third-order valence-corrected chi connectivity index (χ3v) is 4.57. The molecule has 0 saturated heterocycles. The zero-order valence-electron chi connectivity index (χ0n) is 14.0. The predicted molar refractivity (Wildman–Crippen MR) is 88.1 cm³/mol. The quantitative estimate of drug-likeness (QED) is 0.806. The van der Waals surface area contributed by atoms with Crippen molar-refractivity contribution in [1.82, 2.24) is 4.90 Å². The monoisotopic (exact) mass is 287 g/mol. The summed E-state index contributed by atoms with van der Waals surface area (Å²) in [6.07, 6.45) is 2.68. The van der Waals surface area contributed by atoms with Crippen LogP contribution in [0, 0.1) is 5.92 Å². The summed E-state index contributed by atoms with van der Waals surface area (Å²) >= 11 is 0. The van der Waals surface area contributed by atoms with Crippen LogP contribution < -0.4 is 4.74 Å². The van der Waals surface area contributed by atoms with Crippen LogP contribution in [0.4, 0.5) is 0 Å². The van der Waals surface area contributed by atoms with E-state index in [1.807, 2.05) is 0 Å². The molecule has 1 saturated carbocycles. The smallest absolute Gasteiger partial charge is 0.127 e. The predicted octanol–water partition coefficient (Wildman–Crippen LogP) is 4.54. The molecule has 1 heterocycles. The van der Waals surface area contributed by atoms with Gasteiger partial charge in [0, 0.05) is 25.2 Å². The maximum Gasteiger partial charge on any atom is 0.127 e. The first kappa shape index (κ1) is 14.9. The SMILES string of the molecule is CC(C)CN1CCOc2c(cc(C(C)C)cc2C2CC2)C1. The maximum absolute atomic E-state index is 6.19. The van der Waals surface area contributed by atoms with Gasteiger partial charge in [-0.1, -0.05) is 39.8 Å². The van der Waals surface area contributed by atoms with Gasteiger partial charge in [0.05, 0.1) is 0 Å². The zero-order chi connectivity index (χ0) is 15.0. The number of rotatable bonds is 4. The van der Waals surface area contributed by atoms with Crippen molar-refractivity contribution in [1.29, 1.82) is 0 Å². The van der Waals surface area contributed by atoms with Crippen molar-refractivity contribution in [2.45, 2.75) is 58.9 Å². The van der Waals surface area contributed by atoms with Crippen LogP contribution in [0.3, 0.4) is 0 Å². The van der Waals surface area contributed by atoms with Crippen LogP contribution >= 0.6 is 0 Å². The van der Waals surface area contributed by atoms with Gasteiger partial charge in [-0.2, -0.15) is 0 Å². The molecule has 21 heavy (non-hydrogen) atoms. The van der Waals surface area contributed by atoms with Gasteiger partial charge in [0.2, 0.25) is 0 Å². The minimum atomic E-state index is 0.592. The molecule has 0 unspecified atom stereocenters. The van der Waals surface area contributed by atoms with Crippen LogP contribution in [0.1, 0.15) is 69.1 Å². The van der Waals surface area contributed by atoms with E-state index >= 15 is 0 Å². The third-order valence-electron chi connectivity index (χ3n) is 4.57. The summed E-state index contributed by atoms with van der Waals surface area (Å²) in [6.45, 7) is 13.3. The normalized spacial score (nSPS) is 19.5. The molecule has 2 aliphatic rings. The topological polar surface area (TPSA) is 12.5 Å². The van der Waals surface area contributed by atoms with E-state index < -0.39 is 0 Å². The molecule has 0 atom stereocenters. The first-order valence-corrected chi connectivity index (χ1v) is 8.56. The van der Waals surface area contributed by atoms with Gasteiger partial charge in [-0.3, -0.25) is 4.90 Å². The average Bonchev–Trinajstić information content (AvgIpc) is 3.23. The molecule has 0 radical (unpaired) electrons. The minimum absolute atomic E-state index is 0.592. The van der Waals surface area contributed by atoms with E-state index in [1.54, 1.807) is 0 Å². The van der Waals surface area contributed by atoms with E-state index in [4.69, 9.17) is 4.74 Å². The minimum Gasteiger partial charge on any atom is -0.492 e. The lowest BCUT2D eigenvalue weighted by Gasteiger charge is -2.22. The van der Waals surface area contributed by atoms with Gasteiger partial charge < -0.3 is 4.74 Å². The molecule has 116 valence electrons. The summed E-state index contributed by atoms with van der Waals surface area (Å²) in [5.74, 6) is 3.28. The van der Waals surface area contributed by atoms with Gasteiger partial charge in [0.25, 0.3) is 0 Å². The Bertz CT molecular complexity index is 503. The van der Waals surface area contributed by atoms with Gasteiger partial charge in [-0.05, 0) is 41.7 Å². The van der Waals surface area contributed by atoms with Gasteiger partial charge in [0.15, 0.2) is 0 Å². The molecule has 0 aromatic heterocycles. The summed E-state index contributed by atoms with van der Waals surface area (Å²) in [4.78, 5) is 2.55. The van der Waals surface area contributed by atoms with Gasteiger partial charge in [-0.15, -0.1) is 0 Å². The maximum atomic E-state index is 6.19. The van der Waals surface area contributed by atoms with Gasteiger partial charge in [-0.25, -0.2) is 0 Å². The summed E-state index contributed by atoms with van der Waals surface area (Å²) in [5, 5.41) is 0. The van der Waals surface area contributed by atoms with E-state index in [1.165, 1.54) is 35.3 Å². The van der Waals surface area contributed by atoms with Crippen LogP contribution in [-0.4, -0.2) is 24.6 Å². The Morgan fingerprint density at radius 2 is 1.95 bits per heavy atom. The Morgan fingerprint density at radius 3 is 2.57 bits per heavy atom. The lowest BCUT2D eigenvalue weighted by Crippen LogP contribution is -2.29. The number of fused-ring (bicyclic) bond motifs is 1. The Kier molecular flexibility index (Phi) is 4.26. The Labute approximate surface area is 129 Å². The fraction of sp³-hybridized carbons (Fsp3) is 0.684. The summed E-state index contributed by atoms with van der Waals surface area (Å²) in [6, 6.07) is 4.81. The molecule has 1 fully saturated rings. The molecule has 1 aliphatic heterocycles. The number of nitrogens with zero attached hydrogens (tertiary/aromatic N) is 1. The summed E-state index contributed by atoms with van der Waals surface area (Å²) < 4.78 is 6.19. The number of ether oxygens (including phenoxy) is 1. The highest BCUT2D eigenvalue weighted by Gasteiger charge is 2.30. The van der Waals surface area contributed by atoms with Crippen molar-refractivity contribution in [2.24, 2.45) is 5.92 Å². The molecular weight excluding hydrogens is 258 g/mol. The second-order valence-corrected chi connectivity index (χ2v) is 7.50. The molecule has 1 aromatic carbocycles. The van der Waals surface area contributed by atoms with Crippen molar-refractivity contribution < 1.29 is 4.74 Å². The molecular formula is C19H29NO. The summed E-state index contributed by atoms with van der Waals surface area (Å²) in [5.41, 5.74) is 4.38.